The number of hydrogen-bond acceptors (Lipinski definition) is 11. The van der Waals surface area contributed by atoms with Crippen LogP contribution in [0.1, 0.15) is 138 Å². The molecular formula is C51H51F2NO10. The van der Waals surface area contributed by atoms with E-state index in [-0.39, 0.29) is 62.3 Å². The molecule has 334 valence electrons. The monoisotopic (exact) mass is 875 g/mol. The molecule has 0 fully saturated rings. The number of halogens is 2. The van der Waals surface area contributed by atoms with Crippen LogP contribution in [0.2, 0.25) is 0 Å². The Morgan fingerprint density at radius 2 is 0.812 bits per heavy atom. The van der Waals surface area contributed by atoms with Crippen LogP contribution in [0, 0.1) is 23.0 Å². The van der Waals surface area contributed by atoms with E-state index < -0.39 is 35.5 Å². The highest BCUT2D eigenvalue weighted by molar-refractivity contribution is 5.94. The van der Waals surface area contributed by atoms with Gasteiger partial charge >= 0.3 is 23.9 Å². The Bertz CT molecular complexity index is 2390. The van der Waals surface area contributed by atoms with Gasteiger partial charge in [-0.05, 0) is 110 Å². The molecule has 0 aliphatic rings. The second-order valence-electron chi connectivity index (χ2n) is 14.9. The van der Waals surface area contributed by atoms with Crippen molar-refractivity contribution >= 4 is 23.9 Å². The molecule has 11 nitrogen and oxygen atoms in total. The summed E-state index contributed by atoms with van der Waals surface area (Å²) in [7, 11) is 0. The Balaban J connectivity index is 1.10. The average Bonchev–Trinajstić information content (AvgIpc) is 3.29. The zero-order chi connectivity index (χ0) is 45.7. The molecule has 0 aliphatic heterocycles. The highest BCUT2D eigenvalue weighted by Gasteiger charge is 2.19. The summed E-state index contributed by atoms with van der Waals surface area (Å²) in [6, 6.07) is 24.3. The Morgan fingerprint density at radius 3 is 1.25 bits per heavy atom. The van der Waals surface area contributed by atoms with Crippen molar-refractivity contribution in [1.82, 2.24) is 0 Å². The lowest BCUT2D eigenvalue weighted by Gasteiger charge is -2.11. The third kappa shape index (κ3) is 14.8. The molecule has 5 aromatic rings. The van der Waals surface area contributed by atoms with Crippen LogP contribution in [0.15, 0.2) is 103 Å². The number of nitriles is 1. The van der Waals surface area contributed by atoms with Crippen molar-refractivity contribution in [2.24, 2.45) is 0 Å². The normalized spacial score (nSPS) is 10.7. The minimum atomic E-state index is -0.864. The summed E-state index contributed by atoms with van der Waals surface area (Å²) in [5.41, 5.74) is 0.0441. The molecule has 5 rings (SSSR count). The van der Waals surface area contributed by atoms with E-state index in [1.807, 2.05) is 6.07 Å². The van der Waals surface area contributed by atoms with E-state index in [0.29, 0.717) is 13.2 Å². The van der Waals surface area contributed by atoms with Gasteiger partial charge in [0.25, 0.3) is 0 Å². The second-order valence-corrected chi connectivity index (χ2v) is 14.9. The molecule has 64 heavy (non-hydrogen) atoms. The third-order valence-corrected chi connectivity index (χ3v) is 9.93. The molecule has 0 amide bonds. The fourth-order valence-corrected chi connectivity index (χ4v) is 6.34. The first-order valence-electron chi connectivity index (χ1n) is 21.6. The Labute approximate surface area is 371 Å². The van der Waals surface area contributed by atoms with Crippen molar-refractivity contribution in [3.05, 3.63) is 143 Å². The van der Waals surface area contributed by atoms with Crippen LogP contribution in [-0.4, -0.2) is 37.1 Å². The van der Waals surface area contributed by atoms with E-state index in [2.05, 4.69) is 13.8 Å². The largest absolute Gasteiger partial charge is 0.491 e. The zero-order valence-corrected chi connectivity index (χ0v) is 36.0. The van der Waals surface area contributed by atoms with Gasteiger partial charge in [0.05, 0.1) is 41.0 Å². The van der Waals surface area contributed by atoms with Gasteiger partial charge < -0.3 is 28.4 Å². The van der Waals surface area contributed by atoms with Crippen LogP contribution >= 0.6 is 0 Å². The van der Waals surface area contributed by atoms with Crippen molar-refractivity contribution in [3.63, 3.8) is 0 Å². The van der Waals surface area contributed by atoms with E-state index in [1.165, 1.54) is 110 Å². The number of nitrogens with zero attached hydrogens (tertiary/aromatic N) is 1. The van der Waals surface area contributed by atoms with E-state index in [0.717, 1.165) is 69.9 Å². The van der Waals surface area contributed by atoms with Crippen LogP contribution in [0.4, 0.5) is 8.78 Å². The van der Waals surface area contributed by atoms with Crippen LogP contribution in [0.3, 0.4) is 0 Å². The molecule has 0 spiro atoms. The van der Waals surface area contributed by atoms with Crippen LogP contribution in [-0.2, 0) is 0 Å². The SMILES string of the molecule is CCCCCCCCOc1ccc(C(=O)Oc2ccc(C(=O)Oc3ccc(C#N)c(OC(=O)c4ccc(OC(=O)c5ccc(OCCCCCCCC)c(F)c5)cc4)c3)cc2)cc1F. The van der Waals surface area contributed by atoms with Gasteiger partial charge in [-0.2, -0.15) is 5.26 Å². The van der Waals surface area contributed by atoms with Gasteiger partial charge in [0.15, 0.2) is 28.9 Å². The maximum atomic E-state index is 14.7. The molecular weight excluding hydrogens is 825 g/mol. The van der Waals surface area contributed by atoms with Gasteiger partial charge in [0.2, 0.25) is 0 Å². The lowest BCUT2D eigenvalue weighted by molar-refractivity contribution is 0.0722. The van der Waals surface area contributed by atoms with Gasteiger partial charge in [-0.3, -0.25) is 0 Å². The van der Waals surface area contributed by atoms with E-state index in [9.17, 15) is 33.2 Å². The van der Waals surface area contributed by atoms with Crippen molar-refractivity contribution in [1.29, 1.82) is 5.26 Å². The molecule has 0 radical (unpaired) electrons. The van der Waals surface area contributed by atoms with Crippen LogP contribution in [0.5, 0.6) is 34.5 Å². The summed E-state index contributed by atoms with van der Waals surface area (Å²) in [5.74, 6) is -4.64. The molecule has 0 aromatic heterocycles. The van der Waals surface area contributed by atoms with Gasteiger partial charge in [-0.1, -0.05) is 78.1 Å². The van der Waals surface area contributed by atoms with Crippen molar-refractivity contribution in [2.45, 2.75) is 90.9 Å². The minimum absolute atomic E-state index is 0.0221. The number of rotatable bonds is 24. The predicted molar refractivity (Wildman–Crippen MR) is 234 cm³/mol. The van der Waals surface area contributed by atoms with Gasteiger partial charge in [0.1, 0.15) is 23.3 Å². The first-order chi connectivity index (χ1) is 31.1. The number of ether oxygens (including phenoxy) is 6. The van der Waals surface area contributed by atoms with Gasteiger partial charge in [-0.15, -0.1) is 0 Å². The molecule has 13 heteroatoms. The molecule has 0 saturated carbocycles. The topological polar surface area (TPSA) is 147 Å². The minimum Gasteiger partial charge on any atom is -0.491 e. The molecule has 0 N–H and O–H groups in total. The summed E-state index contributed by atoms with van der Waals surface area (Å²) in [6.07, 6.45) is 12.8. The number of unbranched alkanes of at least 4 members (excludes halogenated alkanes) is 10. The van der Waals surface area contributed by atoms with Gasteiger partial charge in [0, 0.05) is 6.07 Å². The predicted octanol–water partition coefficient (Wildman–Crippen LogP) is 12.2. The van der Waals surface area contributed by atoms with E-state index >= 15 is 0 Å². The fourth-order valence-electron chi connectivity index (χ4n) is 6.34. The Kier molecular flexibility index (Phi) is 18.8. The molecule has 0 aliphatic carbocycles. The van der Waals surface area contributed by atoms with Crippen LogP contribution in [0.25, 0.3) is 0 Å². The quantitative estimate of drug-likeness (QED) is 0.0331. The summed E-state index contributed by atoms with van der Waals surface area (Å²) in [4.78, 5) is 51.5. The Hall–Kier alpha value is -7.07. The first-order valence-corrected chi connectivity index (χ1v) is 21.6. The van der Waals surface area contributed by atoms with Crippen molar-refractivity contribution in [3.8, 4) is 40.6 Å². The van der Waals surface area contributed by atoms with E-state index in [1.54, 1.807) is 0 Å². The lowest BCUT2D eigenvalue weighted by atomic mass is 10.1. The van der Waals surface area contributed by atoms with Gasteiger partial charge in [-0.25, -0.2) is 28.0 Å². The highest BCUT2D eigenvalue weighted by atomic mass is 19.1. The standard InChI is InChI=1S/C51H51F2NO10/c1-3-5-7-9-11-13-29-59-45-27-20-37(31-43(45)52)50(57)61-40-22-15-35(16-23-40)48(55)63-42-26-19-39(34-54)47(33-42)64-49(56)36-17-24-41(25-18-36)62-51(58)38-21-28-46(44(53)32-38)60-30-14-12-10-8-6-4-2/h15-28,31-33H,3-14,29-30H2,1-2H3. The van der Waals surface area contributed by atoms with Crippen molar-refractivity contribution in [2.75, 3.05) is 13.2 Å². The fraction of sp³-hybridized carbons (Fsp3) is 0.314. The summed E-state index contributed by atoms with van der Waals surface area (Å²) in [6.45, 7) is 5.05. The average molecular weight is 876 g/mol. The Morgan fingerprint density at radius 1 is 0.438 bits per heavy atom. The molecule has 5 aromatic carbocycles. The summed E-state index contributed by atoms with van der Waals surface area (Å²) in [5, 5.41) is 9.65. The number of carbonyl (C=O) groups is 4. The van der Waals surface area contributed by atoms with E-state index in [4.69, 9.17) is 28.4 Å². The molecule has 0 unspecified atom stereocenters. The third-order valence-electron chi connectivity index (χ3n) is 9.93. The summed E-state index contributed by atoms with van der Waals surface area (Å²) >= 11 is 0. The lowest BCUT2D eigenvalue weighted by Crippen LogP contribution is -2.12. The highest BCUT2D eigenvalue weighted by Crippen LogP contribution is 2.28. The molecule has 0 saturated heterocycles. The number of esters is 4. The zero-order valence-electron chi connectivity index (χ0n) is 36.0. The molecule has 0 atom stereocenters. The second kappa shape index (κ2) is 25.1. The smallest absolute Gasteiger partial charge is 0.343 e. The molecule has 0 heterocycles. The first kappa shape index (κ1) is 48.0. The summed E-state index contributed by atoms with van der Waals surface area (Å²) < 4.78 is 62.1. The number of benzene rings is 5. The molecule has 0 bridgehead atoms. The van der Waals surface area contributed by atoms with Crippen molar-refractivity contribution < 1.29 is 56.4 Å². The number of carbonyl (C=O) groups excluding carboxylic acids is 4. The maximum absolute atomic E-state index is 14.7. The van der Waals surface area contributed by atoms with Crippen LogP contribution < -0.4 is 28.4 Å². The number of hydrogen-bond donors (Lipinski definition) is 0. The maximum Gasteiger partial charge on any atom is 0.343 e.